The Bertz CT molecular complexity index is 732. The minimum atomic E-state index is 0. The molecule has 5 nitrogen and oxygen atoms in total. The van der Waals surface area contributed by atoms with E-state index in [1.165, 1.54) is 37.0 Å². The van der Waals surface area contributed by atoms with E-state index in [-0.39, 0.29) is 24.0 Å². The molecular weight excluding hydrogens is 493 g/mol. The fourth-order valence-electron chi connectivity index (χ4n) is 3.74. The van der Waals surface area contributed by atoms with Gasteiger partial charge in [0, 0.05) is 36.8 Å². The number of nitrogens with one attached hydrogen (secondary N) is 2. The Hall–Kier alpha value is -1.22. The summed E-state index contributed by atoms with van der Waals surface area (Å²) in [6.45, 7) is 6.64. The van der Waals surface area contributed by atoms with Crippen LogP contribution in [0.25, 0.3) is 0 Å². The highest BCUT2D eigenvalue weighted by Crippen LogP contribution is 2.28. The molecule has 2 unspecified atom stereocenters. The molecule has 2 N–H and O–H groups in total. The highest BCUT2D eigenvalue weighted by molar-refractivity contribution is 14.0. The van der Waals surface area contributed by atoms with Crippen LogP contribution in [0.4, 0.5) is 0 Å². The molecular formula is C22H34IN5S. The molecule has 1 saturated carbocycles. The van der Waals surface area contributed by atoms with Crippen LogP contribution in [-0.2, 0) is 13.1 Å². The number of hydrogen-bond donors (Lipinski definition) is 2. The lowest BCUT2D eigenvalue weighted by atomic mass is 9.95. The van der Waals surface area contributed by atoms with E-state index in [1.54, 1.807) is 0 Å². The van der Waals surface area contributed by atoms with Gasteiger partial charge in [-0.05, 0) is 37.5 Å². The first-order valence-corrected chi connectivity index (χ1v) is 11.5. The first-order chi connectivity index (χ1) is 13.8. The summed E-state index contributed by atoms with van der Waals surface area (Å²) in [5.74, 6) is 3.10. The van der Waals surface area contributed by atoms with E-state index in [9.17, 15) is 0 Å². The summed E-state index contributed by atoms with van der Waals surface area (Å²) in [5.41, 5.74) is 1.28. The van der Waals surface area contributed by atoms with Crippen molar-refractivity contribution < 1.29 is 0 Å². The minimum absolute atomic E-state index is 0. The van der Waals surface area contributed by atoms with Crippen LogP contribution in [-0.4, -0.2) is 39.1 Å². The van der Waals surface area contributed by atoms with E-state index in [0.717, 1.165) is 30.1 Å². The van der Waals surface area contributed by atoms with Gasteiger partial charge in [-0.25, -0.2) is 9.98 Å². The maximum absolute atomic E-state index is 4.83. The van der Waals surface area contributed by atoms with Crippen molar-refractivity contribution in [1.82, 2.24) is 20.2 Å². The highest BCUT2D eigenvalue weighted by Gasteiger charge is 2.22. The molecule has 1 fully saturated rings. The fourth-order valence-corrected chi connectivity index (χ4v) is 4.92. The Kier molecular flexibility index (Phi) is 10.9. The number of halogens is 1. The third-order valence-electron chi connectivity index (χ3n) is 5.09. The van der Waals surface area contributed by atoms with Crippen molar-refractivity contribution in [2.45, 2.75) is 63.9 Å². The quantitative estimate of drug-likeness (QED) is 0.298. The standard InChI is InChI=1S/C22H33N5S.HI/c1-3-23-22(26-19-11-8-12-20(15-19)28-4-2)25-16-21-24-13-14-27(21)17-18-9-6-5-7-10-18;/h5-7,9-10,13-14,19-20H,3-4,8,11-12,15-17H2,1-2H3,(H2,23,25,26);1H. The molecule has 0 amide bonds. The minimum Gasteiger partial charge on any atom is -0.357 e. The second-order valence-electron chi connectivity index (χ2n) is 7.24. The second kappa shape index (κ2) is 13.2. The van der Waals surface area contributed by atoms with Crippen molar-refractivity contribution in [3.63, 3.8) is 0 Å². The number of hydrogen-bond acceptors (Lipinski definition) is 3. The van der Waals surface area contributed by atoms with E-state index in [2.05, 4.69) is 70.1 Å². The van der Waals surface area contributed by atoms with Crippen molar-refractivity contribution in [3.05, 3.63) is 54.1 Å². The van der Waals surface area contributed by atoms with Crippen LogP contribution in [0.1, 0.15) is 50.9 Å². The van der Waals surface area contributed by atoms with Crippen LogP contribution >= 0.6 is 35.7 Å². The Morgan fingerprint density at radius 2 is 2.07 bits per heavy atom. The number of aliphatic imine (C=N–C) groups is 1. The van der Waals surface area contributed by atoms with Gasteiger partial charge in [0.25, 0.3) is 0 Å². The second-order valence-corrected chi connectivity index (χ2v) is 8.81. The normalized spacial score (nSPS) is 19.4. The molecule has 2 aromatic rings. The number of benzene rings is 1. The summed E-state index contributed by atoms with van der Waals surface area (Å²) in [6, 6.07) is 11.0. The van der Waals surface area contributed by atoms with E-state index < -0.39 is 0 Å². The van der Waals surface area contributed by atoms with Crippen LogP contribution in [0.15, 0.2) is 47.7 Å². The predicted octanol–water partition coefficient (Wildman–Crippen LogP) is 4.67. The van der Waals surface area contributed by atoms with Gasteiger partial charge in [-0.3, -0.25) is 0 Å². The molecule has 0 bridgehead atoms. The number of rotatable bonds is 8. The van der Waals surface area contributed by atoms with E-state index in [0.29, 0.717) is 12.6 Å². The number of nitrogens with zero attached hydrogens (tertiary/aromatic N) is 3. The van der Waals surface area contributed by atoms with Gasteiger partial charge in [0.1, 0.15) is 12.4 Å². The van der Waals surface area contributed by atoms with Gasteiger partial charge in [-0.15, -0.1) is 24.0 Å². The number of thioether (sulfide) groups is 1. The first kappa shape index (κ1) is 24.1. The number of guanidine groups is 1. The molecule has 1 aliphatic rings. The third-order valence-corrected chi connectivity index (χ3v) is 6.32. The average molecular weight is 528 g/mol. The van der Waals surface area contributed by atoms with Crippen LogP contribution in [0.2, 0.25) is 0 Å². The summed E-state index contributed by atoms with van der Waals surface area (Å²) in [5, 5.41) is 7.85. The van der Waals surface area contributed by atoms with Gasteiger partial charge in [-0.2, -0.15) is 11.8 Å². The predicted molar refractivity (Wildman–Crippen MR) is 135 cm³/mol. The van der Waals surface area contributed by atoms with E-state index in [4.69, 9.17) is 4.99 Å². The molecule has 1 aliphatic carbocycles. The molecule has 1 heterocycles. The van der Waals surface area contributed by atoms with Gasteiger partial charge in [-0.1, -0.05) is 43.7 Å². The monoisotopic (exact) mass is 527 g/mol. The number of imidazole rings is 1. The van der Waals surface area contributed by atoms with Crippen LogP contribution < -0.4 is 10.6 Å². The zero-order chi connectivity index (χ0) is 19.6. The van der Waals surface area contributed by atoms with E-state index in [1.807, 2.05) is 18.5 Å². The average Bonchev–Trinajstić information content (AvgIpc) is 3.15. The van der Waals surface area contributed by atoms with E-state index >= 15 is 0 Å². The lowest BCUT2D eigenvalue weighted by Crippen LogP contribution is -2.45. The molecule has 2 atom stereocenters. The lowest BCUT2D eigenvalue weighted by molar-refractivity contribution is 0.418. The van der Waals surface area contributed by atoms with Crippen molar-refractivity contribution in [1.29, 1.82) is 0 Å². The van der Waals surface area contributed by atoms with Crippen molar-refractivity contribution >= 4 is 41.7 Å². The first-order valence-electron chi connectivity index (χ1n) is 10.5. The molecule has 0 spiro atoms. The molecule has 1 aromatic heterocycles. The van der Waals surface area contributed by atoms with Gasteiger partial charge in [0.15, 0.2) is 5.96 Å². The molecule has 1 aromatic carbocycles. The number of aromatic nitrogens is 2. The highest BCUT2D eigenvalue weighted by atomic mass is 127. The summed E-state index contributed by atoms with van der Waals surface area (Å²) in [7, 11) is 0. The Labute approximate surface area is 196 Å². The molecule has 160 valence electrons. The Balaban J connectivity index is 0.00000300. The summed E-state index contributed by atoms with van der Waals surface area (Å²) < 4.78 is 2.18. The van der Waals surface area contributed by atoms with Gasteiger partial charge >= 0.3 is 0 Å². The summed E-state index contributed by atoms with van der Waals surface area (Å²) in [6.07, 6.45) is 9.00. The smallest absolute Gasteiger partial charge is 0.191 e. The van der Waals surface area contributed by atoms with Gasteiger partial charge < -0.3 is 15.2 Å². The van der Waals surface area contributed by atoms with Crippen LogP contribution in [0, 0.1) is 0 Å². The third kappa shape index (κ3) is 7.85. The molecule has 7 heteroatoms. The van der Waals surface area contributed by atoms with Crippen molar-refractivity contribution in [2.75, 3.05) is 12.3 Å². The molecule has 0 radical (unpaired) electrons. The maximum Gasteiger partial charge on any atom is 0.191 e. The Morgan fingerprint density at radius 3 is 2.83 bits per heavy atom. The van der Waals surface area contributed by atoms with Crippen molar-refractivity contribution in [2.24, 2.45) is 4.99 Å². The molecule has 3 rings (SSSR count). The topological polar surface area (TPSA) is 54.2 Å². The largest absolute Gasteiger partial charge is 0.357 e. The summed E-state index contributed by atoms with van der Waals surface area (Å²) in [4.78, 5) is 9.35. The molecule has 0 saturated heterocycles. The maximum atomic E-state index is 4.83. The van der Waals surface area contributed by atoms with Crippen LogP contribution in [0.5, 0.6) is 0 Å². The van der Waals surface area contributed by atoms with Crippen LogP contribution in [0.3, 0.4) is 0 Å². The Morgan fingerprint density at radius 1 is 1.24 bits per heavy atom. The zero-order valence-electron chi connectivity index (χ0n) is 17.5. The van der Waals surface area contributed by atoms with Gasteiger partial charge in [0.2, 0.25) is 0 Å². The molecule has 0 aliphatic heterocycles. The zero-order valence-corrected chi connectivity index (χ0v) is 20.7. The SMILES string of the molecule is CCNC(=NCc1nccn1Cc1ccccc1)NC1CCCC(SCC)C1.I. The summed E-state index contributed by atoms with van der Waals surface area (Å²) >= 11 is 2.10. The fraction of sp³-hybridized carbons (Fsp3) is 0.545. The van der Waals surface area contributed by atoms with Crippen molar-refractivity contribution in [3.8, 4) is 0 Å². The lowest BCUT2D eigenvalue weighted by Gasteiger charge is -2.30. The van der Waals surface area contributed by atoms with Gasteiger partial charge in [0.05, 0.1) is 0 Å². The molecule has 29 heavy (non-hydrogen) atoms.